The van der Waals surface area contributed by atoms with E-state index in [1.54, 1.807) is 0 Å². The lowest BCUT2D eigenvalue weighted by atomic mass is 9.69. The normalized spacial score (nSPS) is 28.8. The second-order valence-electron chi connectivity index (χ2n) is 15.6. The molecule has 0 atom stereocenters. The smallest absolute Gasteiger partial charge is 0.325 e. The number of rotatable bonds is 7. The van der Waals surface area contributed by atoms with E-state index in [1.807, 2.05) is 4.90 Å². The summed E-state index contributed by atoms with van der Waals surface area (Å²) < 4.78 is 0. The first kappa shape index (κ1) is 30.1. The molecule has 39 heavy (non-hydrogen) atoms. The number of likely N-dealkylation sites (tertiary alicyclic amines) is 2. The molecule has 4 fully saturated rings. The van der Waals surface area contributed by atoms with E-state index in [1.165, 1.54) is 4.90 Å². The van der Waals surface area contributed by atoms with Gasteiger partial charge in [-0.1, -0.05) is 12.8 Å². The topological polar surface area (TPSA) is 88.2 Å². The zero-order chi connectivity index (χ0) is 29.2. The summed E-state index contributed by atoms with van der Waals surface area (Å²) in [4.78, 5) is 47.5. The predicted octanol–water partition coefficient (Wildman–Crippen LogP) is 4.17. The molecule has 4 aliphatic rings. The summed E-state index contributed by atoms with van der Waals surface area (Å²) >= 11 is 0. The molecule has 0 radical (unpaired) electrons. The average molecular weight is 547 g/mol. The average Bonchev–Trinajstić information content (AvgIpc) is 3.18. The summed E-state index contributed by atoms with van der Waals surface area (Å²) in [6.07, 6.45) is 6.73. The van der Waals surface area contributed by atoms with Crippen molar-refractivity contribution in [2.24, 2.45) is 0 Å². The van der Waals surface area contributed by atoms with Gasteiger partial charge in [0.05, 0.1) is 5.54 Å². The summed E-state index contributed by atoms with van der Waals surface area (Å²) in [5.41, 5.74) is -1.34. The number of carbonyl (C=O) groups is 3. The van der Waals surface area contributed by atoms with Crippen LogP contribution < -0.4 is 10.6 Å². The van der Waals surface area contributed by atoms with Crippen LogP contribution in [0.4, 0.5) is 9.59 Å². The third kappa shape index (κ3) is 5.42. The summed E-state index contributed by atoms with van der Waals surface area (Å²) in [7, 11) is 4.29. The fraction of sp³-hybridized carbons (Fsp3) is 0.900. The van der Waals surface area contributed by atoms with Gasteiger partial charge in [-0.25, -0.2) is 9.59 Å². The number of hydrogen-bond acceptors (Lipinski definition) is 5. The molecular weight excluding hydrogens is 492 g/mol. The van der Waals surface area contributed by atoms with Crippen LogP contribution in [0.5, 0.6) is 0 Å². The van der Waals surface area contributed by atoms with Gasteiger partial charge in [-0.3, -0.25) is 19.5 Å². The largest absolute Gasteiger partial charge is 0.331 e. The van der Waals surface area contributed by atoms with Crippen LogP contribution in [0, 0.1) is 0 Å². The lowest BCUT2D eigenvalue weighted by Gasteiger charge is -2.57. The molecule has 0 unspecified atom stereocenters. The summed E-state index contributed by atoms with van der Waals surface area (Å²) in [6.45, 7) is 19.6. The number of hydrogen-bond donors (Lipinski definition) is 2. The molecule has 9 heteroatoms. The van der Waals surface area contributed by atoms with Crippen molar-refractivity contribution in [3.8, 4) is 0 Å². The van der Waals surface area contributed by atoms with Crippen molar-refractivity contribution in [1.82, 2.24) is 30.2 Å². The summed E-state index contributed by atoms with van der Waals surface area (Å²) in [6, 6.07) is -0.195. The molecule has 0 aromatic heterocycles. The first-order chi connectivity index (χ1) is 17.8. The number of nitrogens with one attached hydrogen (secondary N) is 2. The Bertz CT molecular complexity index is 967. The molecule has 0 aliphatic carbocycles. The highest BCUT2D eigenvalue weighted by atomic mass is 16.2. The quantitative estimate of drug-likeness (QED) is 0.370. The van der Waals surface area contributed by atoms with Crippen LogP contribution in [0.1, 0.15) is 107 Å². The SMILES string of the molecule is CN1C(C)(C)CC2(CN(CCCCCCN3C(=O)NC4(CC(C)(C)N(C)C(C)(C)C4)C3=O)C(=O)N2)CC1(C)C. The molecule has 4 rings (SSSR count). The van der Waals surface area contributed by atoms with E-state index in [0.717, 1.165) is 51.6 Å². The third-order valence-corrected chi connectivity index (χ3v) is 10.6. The second kappa shape index (κ2) is 9.61. The maximum Gasteiger partial charge on any atom is 0.325 e. The lowest BCUT2D eigenvalue weighted by molar-refractivity contribution is -0.139. The Morgan fingerprint density at radius 1 is 0.615 bits per heavy atom. The first-order valence-electron chi connectivity index (χ1n) is 15.0. The molecule has 4 aliphatic heterocycles. The van der Waals surface area contributed by atoms with Crippen molar-refractivity contribution in [3.63, 3.8) is 0 Å². The highest BCUT2D eigenvalue weighted by Crippen LogP contribution is 2.46. The van der Waals surface area contributed by atoms with Crippen LogP contribution in [-0.4, -0.2) is 105 Å². The molecule has 0 aromatic carbocycles. The van der Waals surface area contributed by atoms with Crippen LogP contribution in [0.2, 0.25) is 0 Å². The van der Waals surface area contributed by atoms with Crippen LogP contribution in [-0.2, 0) is 4.79 Å². The predicted molar refractivity (Wildman–Crippen MR) is 155 cm³/mol. The van der Waals surface area contributed by atoms with Gasteiger partial charge in [0.1, 0.15) is 5.54 Å². The molecule has 222 valence electrons. The van der Waals surface area contributed by atoms with E-state index >= 15 is 0 Å². The van der Waals surface area contributed by atoms with E-state index in [2.05, 4.69) is 89.9 Å². The third-order valence-electron chi connectivity index (χ3n) is 10.6. The molecule has 2 spiro atoms. The number of unbranched alkanes of at least 4 members (excludes halogenated alkanes) is 3. The number of piperidine rings is 2. The van der Waals surface area contributed by atoms with Gasteiger partial charge in [0.2, 0.25) is 0 Å². The second-order valence-corrected chi connectivity index (χ2v) is 15.6. The van der Waals surface area contributed by atoms with Gasteiger partial charge < -0.3 is 15.5 Å². The molecule has 9 nitrogen and oxygen atoms in total. The lowest BCUT2D eigenvalue weighted by Crippen LogP contribution is -2.68. The molecule has 5 amide bonds. The Labute approximate surface area is 236 Å². The van der Waals surface area contributed by atoms with Crippen molar-refractivity contribution in [3.05, 3.63) is 0 Å². The number of urea groups is 2. The fourth-order valence-electron chi connectivity index (χ4n) is 8.58. The van der Waals surface area contributed by atoms with E-state index < -0.39 is 5.54 Å². The standard InChI is InChI=1S/C30H54N6O3/c1-25(2)17-29(18-26(3,4)33(25)9)21-35(23(38)31-29)15-13-11-12-14-16-36-22(37)30(32-24(36)39)19-27(5,6)34(10)28(7,8)20-30/h11-21H2,1-10H3,(H,31,38)(H,32,39). The van der Waals surface area contributed by atoms with Crippen molar-refractivity contribution in [1.29, 1.82) is 0 Å². The Balaban J connectivity index is 1.24. The van der Waals surface area contributed by atoms with Gasteiger partial charge in [-0.05, 0) is 108 Å². The van der Waals surface area contributed by atoms with E-state index in [-0.39, 0.29) is 45.7 Å². The monoisotopic (exact) mass is 546 g/mol. The first-order valence-corrected chi connectivity index (χ1v) is 15.0. The molecule has 2 N–H and O–H groups in total. The Morgan fingerprint density at radius 2 is 1.08 bits per heavy atom. The maximum absolute atomic E-state index is 13.5. The molecule has 0 aromatic rings. The van der Waals surface area contributed by atoms with E-state index in [0.29, 0.717) is 19.4 Å². The highest BCUT2D eigenvalue weighted by molar-refractivity contribution is 6.07. The van der Waals surface area contributed by atoms with Crippen molar-refractivity contribution < 1.29 is 14.4 Å². The van der Waals surface area contributed by atoms with Crippen LogP contribution in [0.3, 0.4) is 0 Å². The number of carbonyl (C=O) groups excluding carboxylic acids is 3. The van der Waals surface area contributed by atoms with Gasteiger partial charge in [0.25, 0.3) is 5.91 Å². The van der Waals surface area contributed by atoms with Crippen molar-refractivity contribution >= 4 is 18.0 Å². The number of imide groups is 1. The van der Waals surface area contributed by atoms with Crippen molar-refractivity contribution in [2.75, 3.05) is 33.7 Å². The number of amides is 5. The zero-order valence-corrected chi connectivity index (χ0v) is 26.3. The van der Waals surface area contributed by atoms with Gasteiger partial charge in [-0.2, -0.15) is 0 Å². The van der Waals surface area contributed by atoms with Crippen LogP contribution >= 0.6 is 0 Å². The number of nitrogens with zero attached hydrogens (tertiary/aromatic N) is 4. The molecular formula is C30H54N6O3. The fourth-order valence-corrected chi connectivity index (χ4v) is 8.58. The Kier molecular flexibility index (Phi) is 7.41. The van der Waals surface area contributed by atoms with Gasteiger partial charge in [0, 0.05) is 41.8 Å². The van der Waals surface area contributed by atoms with E-state index in [9.17, 15) is 14.4 Å². The molecule has 0 saturated carbocycles. The van der Waals surface area contributed by atoms with Crippen molar-refractivity contribution in [2.45, 2.75) is 140 Å². The molecule has 0 bridgehead atoms. The zero-order valence-electron chi connectivity index (χ0n) is 26.3. The summed E-state index contributed by atoms with van der Waals surface area (Å²) in [5.74, 6) is -0.0650. The van der Waals surface area contributed by atoms with Gasteiger partial charge in [-0.15, -0.1) is 0 Å². The molecule has 4 saturated heterocycles. The summed E-state index contributed by atoms with van der Waals surface area (Å²) in [5, 5.41) is 6.46. The minimum absolute atomic E-state index is 0.0158. The maximum atomic E-state index is 13.5. The highest BCUT2D eigenvalue weighted by Gasteiger charge is 2.60. The molecule has 4 heterocycles. The van der Waals surface area contributed by atoms with E-state index in [4.69, 9.17) is 0 Å². The van der Waals surface area contributed by atoms with Gasteiger partial charge >= 0.3 is 12.1 Å². The van der Waals surface area contributed by atoms with Crippen LogP contribution in [0.15, 0.2) is 0 Å². The minimum Gasteiger partial charge on any atom is -0.331 e. The Hall–Kier alpha value is -1.87. The van der Waals surface area contributed by atoms with Gasteiger partial charge in [0.15, 0.2) is 0 Å². The van der Waals surface area contributed by atoms with Crippen LogP contribution in [0.25, 0.3) is 0 Å². The Morgan fingerprint density at radius 3 is 1.59 bits per heavy atom. The minimum atomic E-state index is -0.813.